The Hall–Kier alpha value is -1.73. The largest absolute Gasteiger partial charge is 0.396 e. The standard InChI is InChI=1S/C12H17N5O2/c18-7-9-2-1-3-16(5-9)6-10-4-11(19)17-12(15-10)13-8-14-17/h4,8-9,18H,1-3,5-7H2,(H,13,14,15). The van der Waals surface area contributed by atoms with Crippen molar-refractivity contribution in [2.75, 3.05) is 19.7 Å². The molecule has 102 valence electrons. The minimum absolute atomic E-state index is 0.145. The van der Waals surface area contributed by atoms with Gasteiger partial charge in [0.15, 0.2) is 0 Å². The number of aliphatic hydroxyl groups excluding tert-OH is 1. The van der Waals surface area contributed by atoms with E-state index in [9.17, 15) is 9.90 Å². The lowest BCUT2D eigenvalue weighted by molar-refractivity contribution is 0.115. The predicted octanol–water partition coefficient (Wildman–Crippen LogP) is -0.378. The van der Waals surface area contributed by atoms with E-state index in [2.05, 4.69) is 20.0 Å². The van der Waals surface area contributed by atoms with Gasteiger partial charge in [0.2, 0.25) is 0 Å². The van der Waals surface area contributed by atoms with Gasteiger partial charge in [0, 0.05) is 25.8 Å². The number of aromatic nitrogens is 4. The van der Waals surface area contributed by atoms with Crippen LogP contribution in [-0.4, -0.2) is 49.3 Å². The van der Waals surface area contributed by atoms with Crippen LogP contribution in [0.25, 0.3) is 5.78 Å². The molecule has 0 amide bonds. The van der Waals surface area contributed by atoms with Crippen LogP contribution in [0.3, 0.4) is 0 Å². The van der Waals surface area contributed by atoms with Crippen molar-refractivity contribution in [2.24, 2.45) is 5.92 Å². The van der Waals surface area contributed by atoms with Crippen LogP contribution in [0.15, 0.2) is 17.2 Å². The molecule has 3 heterocycles. The average molecular weight is 263 g/mol. The van der Waals surface area contributed by atoms with E-state index < -0.39 is 0 Å². The van der Waals surface area contributed by atoms with E-state index in [4.69, 9.17) is 0 Å². The number of likely N-dealkylation sites (tertiary alicyclic amines) is 1. The van der Waals surface area contributed by atoms with E-state index in [0.717, 1.165) is 31.6 Å². The molecule has 1 aliphatic rings. The summed E-state index contributed by atoms with van der Waals surface area (Å²) in [5, 5.41) is 11.9. The number of piperidine rings is 1. The molecule has 1 aliphatic heterocycles. The summed E-state index contributed by atoms with van der Waals surface area (Å²) in [5.41, 5.74) is 0.587. The van der Waals surface area contributed by atoms with Gasteiger partial charge < -0.3 is 5.11 Å². The lowest BCUT2D eigenvalue weighted by Gasteiger charge is -2.31. The molecule has 0 saturated carbocycles. The molecule has 2 aromatic heterocycles. The average Bonchev–Trinajstić information content (AvgIpc) is 2.88. The number of nitrogens with one attached hydrogen (secondary N) is 1. The van der Waals surface area contributed by atoms with Crippen molar-refractivity contribution >= 4 is 5.78 Å². The first-order valence-electron chi connectivity index (χ1n) is 6.51. The zero-order valence-corrected chi connectivity index (χ0v) is 10.6. The molecule has 7 heteroatoms. The SMILES string of the molecule is O=c1cc(CN2CCCC(CO)C2)nc2nc[nH]n12. The molecule has 2 aromatic rings. The number of aliphatic hydroxyl groups is 1. The van der Waals surface area contributed by atoms with Gasteiger partial charge >= 0.3 is 0 Å². The first-order chi connectivity index (χ1) is 9.26. The Labute approximate surface area is 109 Å². The molecule has 1 fully saturated rings. The molecule has 3 rings (SSSR count). The Morgan fingerprint density at radius 3 is 3.26 bits per heavy atom. The van der Waals surface area contributed by atoms with E-state index in [-0.39, 0.29) is 12.2 Å². The fourth-order valence-electron chi connectivity index (χ4n) is 2.62. The van der Waals surface area contributed by atoms with Gasteiger partial charge in [0.25, 0.3) is 11.3 Å². The van der Waals surface area contributed by atoms with Crippen LogP contribution in [0.5, 0.6) is 0 Å². The van der Waals surface area contributed by atoms with Crippen LogP contribution in [-0.2, 0) is 6.54 Å². The lowest BCUT2D eigenvalue weighted by atomic mass is 9.99. The maximum atomic E-state index is 11.8. The van der Waals surface area contributed by atoms with Gasteiger partial charge in [0.05, 0.1) is 5.69 Å². The van der Waals surface area contributed by atoms with Gasteiger partial charge in [-0.15, -0.1) is 0 Å². The third-order valence-electron chi connectivity index (χ3n) is 3.57. The minimum Gasteiger partial charge on any atom is -0.396 e. The first kappa shape index (κ1) is 12.3. The second-order valence-electron chi connectivity index (χ2n) is 5.03. The topological polar surface area (TPSA) is 86.5 Å². The minimum atomic E-state index is -0.145. The third kappa shape index (κ3) is 2.52. The molecule has 1 unspecified atom stereocenters. The number of H-pyrrole nitrogens is 1. The van der Waals surface area contributed by atoms with Crippen molar-refractivity contribution in [2.45, 2.75) is 19.4 Å². The van der Waals surface area contributed by atoms with Crippen LogP contribution in [0.1, 0.15) is 18.5 Å². The highest BCUT2D eigenvalue weighted by molar-refractivity contribution is 5.25. The van der Waals surface area contributed by atoms with Crippen molar-refractivity contribution in [3.63, 3.8) is 0 Å². The third-order valence-corrected chi connectivity index (χ3v) is 3.57. The van der Waals surface area contributed by atoms with Gasteiger partial charge in [-0.2, -0.15) is 4.52 Å². The molecular formula is C12H17N5O2. The molecule has 1 saturated heterocycles. The molecular weight excluding hydrogens is 246 g/mol. The fourth-order valence-corrected chi connectivity index (χ4v) is 2.62. The summed E-state index contributed by atoms with van der Waals surface area (Å²) < 4.78 is 1.32. The highest BCUT2D eigenvalue weighted by Gasteiger charge is 2.19. The molecule has 0 spiro atoms. The number of aromatic amines is 1. The van der Waals surface area contributed by atoms with Crippen molar-refractivity contribution in [3.8, 4) is 0 Å². The van der Waals surface area contributed by atoms with Gasteiger partial charge in [-0.05, 0) is 25.3 Å². The Kier molecular flexibility index (Phi) is 3.31. The van der Waals surface area contributed by atoms with Crippen molar-refractivity contribution in [1.29, 1.82) is 0 Å². The molecule has 7 nitrogen and oxygen atoms in total. The molecule has 0 aromatic carbocycles. The Bertz CT molecular complexity index is 620. The van der Waals surface area contributed by atoms with Crippen LogP contribution in [0.2, 0.25) is 0 Å². The molecule has 19 heavy (non-hydrogen) atoms. The number of fused-ring (bicyclic) bond motifs is 1. The monoisotopic (exact) mass is 263 g/mol. The zero-order chi connectivity index (χ0) is 13.2. The number of rotatable bonds is 3. The van der Waals surface area contributed by atoms with Crippen LogP contribution in [0.4, 0.5) is 0 Å². The van der Waals surface area contributed by atoms with Gasteiger partial charge in [0.1, 0.15) is 6.33 Å². The van der Waals surface area contributed by atoms with Gasteiger partial charge in [-0.25, -0.2) is 9.97 Å². The maximum absolute atomic E-state index is 11.8. The fraction of sp³-hybridized carbons (Fsp3) is 0.583. The van der Waals surface area contributed by atoms with Gasteiger partial charge in [-0.3, -0.25) is 14.8 Å². The molecule has 0 radical (unpaired) electrons. The summed E-state index contributed by atoms with van der Waals surface area (Å²) in [7, 11) is 0. The maximum Gasteiger partial charge on any atom is 0.274 e. The molecule has 0 aliphatic carbocycles. The summed E-state index contributed by atoms with van der Waals surface area (Å²) in [5.74, 6) is 0.738. The Balaban J connectivity index is 1.79. The van der Waals surface area contributed by atoms with E-state index in [1.54, 1.807) is 0 Å². The summed E-state index contributed by atoms with van der Waals surface area (Å²) in [6.07, 6.45) is 3.60. The van der Waals surface area contributed by atoms with E-state index in [1.807, 2.05) is 0 Å². The van der Waals surface area contributed by atoms with Crippen LogP contribution >= 0.6 is 0 Å². The van der Waals surface area contributed by atoms with Crippen molar-refractivity contribution < 1.29 is 5.11 Å². The second-order valence-corrected chi connectivity index (χ2v) is 5.03. The van der Waals surface area contributed by atoms with Crippen molar-refractivity contribution in [3.05, 3.63) is 28.4 Å². The Morgan fingerprint density at radius 1 is 1.53 bits per heavy atom. The number of hydrogen-bond acceptors (Lipinski definition) is 5. The van der Waals surface area contributed by atoms with Crippen molar-refractivity contribution in [1.82, 2.24) is 24.5 Å². The van der Waals surface area contributed by atoms with Gasteiger partial charge in [-0.1, -0.05) is 0 Å². The quantitative estimate of drug-likeness (QED) is 0.788. The summed E-state index contributed by atoms with van der Waals surface area (Å²) in [6.45, 7) is 2.70. The summed E-state index contributed by atoms with van der Waals surface area (Å²) in [4.78, 5) is 22.4. The van der Waals surface area contributed by atoms with E-state index in [0.29, 0.717) is 18.2 Å². The van der Waals surface area contributed by atoms with Crippen LogP contribution < -0.4 is 5.56 Å². The number of nitrogens with zero attached hydrogens (tertiary/aromatic N) is 4. The van der Waals surface area contributed by atoms with Crippen LogP contribution in [0, 0.1) is 5.92 Å². The molecule has 1 atom stereocenters. The lowest BCUT2D eigenvalue weighted by Crippen LogP contribution is -2.36. The highest BCUT2D eigenvalue weighted by atomic mass is 16.3. The Morgan fingerprint density at radius 2 is 2.42 bits per heavy atom. The number of hydrogen-bond donors (Lipinski definition) is 2. The second kappa shape index (κ2) is 5.10. The first-order valence-corrected chi connectivity index (χ1v) is 6.51. The van der Waals surface area contributed by atoms with E-state index >= 15 is 0 Å². The molecule has 2 N–H and O–H groups in total. The summed E-state index contributed by atoms with van der Waals surface area (Å²) in [6, 6.07) is 1.54. The smallest absolute Gasteiger partial charge is 0.274 e. The predicted molar refractivity (Wildman–Crippen MR) is 68.7 cm³/mol. The highest BCUT2D eigenvalue weighted by Crippen LogP contribution is 2.17. The normalized spacial score (nSPS) is 21.0. The summed E-state index contributed by atoms with van der Waals surface area (Å²) >= 11 is 0. The molecule has 0 bridgehead atoms. The van der Waals surface area contributed by atoms with E-state index in [1.165, 1.54) is 16.9 Å². The zero-order valence-electron chi connectivity index (χ0n) is 10.6.